The average molecular weight is 511 g/mol. The molecule has 0 aliphatic carbocycles. The van der Waals surface area contributed by atoms with Crippen LogP contribution in [0.2, 0.25) is 0 Å². The number of amides is 2. The fourth-order valence-corrected chi connectivity index (χ4v) is 4.67. The van der Waals surface area contributed by atoms with E-state index in [1.807, 2.05) is 60.7 Å². The molecule has 0 saturated carbocycles. The van der Waals surface area contributed by atoms with Gasteiger partial charge in [0.1, 0.15) is 6.61 Å². The number of piperidine rings is 1. The highest BCUT2D eigenvalue weighted by molar-refractivity contribution is 5.78. The number of rotatable bonds is 7. The Morgan fingerprint density at radius 1 is 0.838 bits per heavy atom. The van der Waals surface area contributed by atoms with Crippen molar-refractivity contribution in [2.45, 2.75) is 44.0 Å². The molecule has 3 aromatic rings. The minimum absolute atomic E-state index is 0.139. The first-order valence-corrected chi connectivity index (χ1v) is 12.2. The van der Waals surface area contributed by atoms with Gasteiger partial charge in [-0.25, -0.2) is 4.79 Å². The van der Waals surface area contributed by atoms with Crippen molar-refractivity contribution in [2.24, 2.45) is 0 Å². The Hall–Kier alpha value is -3.81. The summed E-state index contributed by atoms with van der Waals surface area (Å²) in [6, 6.07) is 24.0. The van der Waals surface area contributed by atoms with Gasteiger partial charge >= 0.3 is 12.3 Å². The molecule has 0 bridgehead atoms. The van der Waals surface area contributed by atoms with E-state index in [9.17, 15) is 22.8 Å². The van der Waals surface area contributed by atoms with Gasteiger partial charge in [-0.1, -0.05) is 72.8 Å². The van der Waals surface area contributed by atoms with Crippen molar-refractivity contribution in [2.75, 3.05) is 13.1 Å². The van der Waals surface area contributed by atoms with Gasteiger partial charge in [0.15, 0.2) is 0 Å². The third-order valence-electron chi connectivity index (χ3n) is 6.84. The number of nitrogens with one attached hydrogen (secondary N) is 1. The van der Waals surface area contributed by atoms with E-state index in [0.717, 1.165) is 23.3 Å². The van der Waals surface area contributed by atoms with Gasteiger partial charge in [-0.15, -0.1) is 0 Å². The largest absolute Gasteiger partial charge is 0.445 e. The second kappa shape index (κ2) is 11.5. The Balaban J connectivity index is 1.36. The maximum absolute atomic E-state index is 13.0. The summed E-state index contributed by atoms with van der Waals surface area (Å²) in [5, 5.41) is 2.85. The van der Waals surface area contributed by atoms with Gasteiger partial charge in [-0.05, 0) is 41.7 Å². The molecule has 4 rings (SSSR count). The zero-order chi connectivity index (χ0) is 26.3. The van der Waals surface area contributed by atoms with Crippen LogP contribution in [-0.2, 0) is 34.3 Å². The van der Waals surface area contributed by atoms with Crippen molar-refractivity contribution in [1.82, 2.24) is 10.2 Å². The highest BCUT2D eigenvalue weighted by Gasteiger charge is 2.39. The zero-order valence-corrected chi connectivity index (χ0v) is 20.3. The van der Waals surface area contributed by atoms with Crippen LogP contribution >= 0.6 is 0 Å². The Morgan fingerprint density at radius 3 is 2.03 bits per heavy atom. The Kier molecular flexibility index (Phi) is 8.16. The molecule has 0 atom stereocenters. The fourth-order valence-electron chi connectivity index (χ4n) is 4.67. The van der Waals surface area contributed by atoms with Crippen LogP contribution in [0, 0.1) is 0 Å². The summed E-state index contributed by atoms with van der Waals surface area (Å²) < 4.78 is 43.9. The van der Waals surface area contributed by atoms with E-state index in [4.69, 9.17) is 4.74 Å². The van der Waals surface area contributed by atoms with Gasteiger partial charge in [-0.2, -0.15) is 13.2 Å². The molecule has 0 unspecified atom stereocenters. The van der Waals surface area contributed by atoms with E-state index in [-0.39, 0.29) is 31.6 Å². The normalized spacial score (nSPS) is 15.2. The summed E-state index contributed by atoms with van der Waals surface area (Å²) in [6.45, 7) is 1.25. The number of carbonyl (C=O) groups is 2. The fraction of sp³-hybridized carbons (Fsp3) is 0.310. The molecule has 0 radical (unpaired) electrons. The standard InChI is InChI=1S/C29H29F3N2O3/c30-29(31,32)25-13-11-22(12-14-25)20-33-26(35)19-28(24-9-5-2-6-10-24)15-17-34(18-16-28)27(36)37-21-23-7-3-1-4-8-23/h1-14H,15-21H2,(H,33,35). The van der Waals surface area contributed by atoms with E-state index < -0.39 is 17.2 Å². The van der Waals surface area contributed by atoms with Crippen LogP contribution in [0.4, 0.5) is 18.0 Å². The molecule has 1 aliphatic rings. The van der Waals surface area contributed by atoms with Gasteiger partial charge in [0, 0.05) is 31.5 Å². The lowest BCUT2D eigenvalue weighted by Gasteiger charge is -2.41. The zero-order valence-electron chi connectivity index (χ0n) is 20.3. The minimum Gasteiger partial charge on any atom is -0.445 e. The number of benzene rings is 3. The number of likely N-dealkylation sites (tertiary alicyclic amines) is 1. The average Bonchev–Trinajstić information content (AvgIpc) is 2.92. The molecule has 1 saturated heterocycles. The SMILES string of the molecule is O=C(CC1(c2ccccc2)CCN(C(=O)OCc2ccccc2)CC1)NCc1ccc(C(F)(F)F)cc1. The van der Waals surface area contributed by atoms with Crippen LogP contribution < -0.4 is 5.32 Å². The molecule has 1 heterocycles. The smallest absolute Gasteiger partial charge is 0.416 e. The maximum atomic E-state index is 13.0. The monoisotopic (exact) mass is 510 g/mol. The van der Waals surface area contributed by atoms with E-state index in [1.54, 1.807) is 4.90 Å². The molecule has 5 nitrogen and oxygen atoms in total. The van der Waals surface area contributed by atoms with Crippen molar-refractivity contribution < 1.29 is 27.5 Å². The van der Waals surface area contributed by atoms with E-state index in [0.29, 0.717) is 31.5 Å². The predicted molar refractivity (Wildman–Crippen MR) is 133 cm³/mol. The lowest BCUT2D eigenvalue weighted by atomic mass is 9.70. The molecule has 2 amide bonds. The van der Waals surface area contributed by atoms with Crippen LogP contribution in [0.5, 0.6) is 0 Å². The van der Waals surface area contributed by atoms with Crippen LogP contribution in [0.3, 0.4) is 0 Å². The van der Waals surface area contributed by atoms with Gasteiger partial charge < -0.3 is 15.0 Å². The molecule has 1 fully saturated rings. The second-order valence-electron chi connectivity index (χ2n) is 9.32. The number of carbonyl (C=O) groups excluding carboxylic acids is 2. The van der Waals surface area contributed by atoms with Crippen molar-refractivity contribution in [3.8, 4) is 0 Å². The minimum atomic E-state index is -4.40. The van der Waals surface area contributed by atoms with Gasteiger partial charge in [0.05, 0.1) is 5.56 Å². The Morgan fingerprint density at radius 2 is 1.43 bits per heavy atom. The summed E-state index contributed by atoms with van der Waals surface area (Å²) in [6.07, 6.45) is -3.38. The Labute approximate surface area is 214 Å². The third-order valence-corrected chi connectivity index (χ3v) is 6.84. The number of ether oxygens (including phenoxy) is 1. The number of alkyl halides is 3. The molecular weight excluding hydrogens is 481 g/mol. The van der Waals surface area contributed by atoms with Crippen molar-refractivity contribution >= 4 is 12.0 Å². The van der Waals surface area contributed by atoms with Crippen molar-refractivity contribution in [1.29, 1.82) is 0 Å². The maximum Gasteiger partial charge on any atom is 0.416 e. The molecule has 8 heteroatoms. The molecule has 0 aromatic heterocycles. The molecular formula is C29H29F3N2O3. The van der Waals surface area contributed by atoms with E-state index >= 15 is 0 Å². The van der Waals surface area contributed by atoms with Gasteiger partial charge in [0.25, 0.3) is 0 Å². The third kappa shape index (κ3) is 6.90. The topological polar surface area (TPSA) is 58.6 Å². The molecule has 37 heavy (non-hydrogen) atoms. The van der Waals surface area contributed by atoms with E-state index in [1.165, 1.54) is 12.1 Å². The van der Waals surface area contributed by atoms with Gasteiger partial charge in [-0.3, -0.25) is 4.79 Å². The van der Waals surface area contributed by atoms with Crippen LogP contribution in [0.25, 0.3) is 0 Å². The molecule has 1 N–H and O–H groups in total. The first-order chi connectivity index (χ1) is 17.7. The first-order valence-electron chi connectivity index (χ1n) is 12.2. The highest BCUT2D eigenvalue weighted by atomic mass is 19.4. The number of hydrogen-bond donors (Lipinski definition) is 1. The molecule has 194 valence electrons. The lowest BCUT2D eigenvalue weighted by molar-refractivity contribution is -0.137. The van der Waals surface area contributed by atoms with Crippen molar-refractivity contribution in [3.63, 3.8) is 0 Å². The van der Waals surface area contributed by atoms with Gasteiger partial charge in [0.2, 0.25) is 5.91 Å². The number of halogens is 3. The predicted octanol–water partition coefficient (Wildman–Crippen LogP) is 6.08. The summed E-state index contributed by atoms with van der Waals surface area (Å²) in [4.78, 5) is 27.3. The van der Waals surface area contributed by atoms with E-state index in [2.05, 4.69) is 5.32 Å². The molecule has 0 spiro atoms. The first kappa shape index (κ1) is 26.3. The van der Waals surface area contributed by atoms with Crippen LogP contribution in [0.15, 0.2) is 84.9 Å². The molecule has 3 aromatic carbocycles. The summed E-state index contributed by atoms with van der Waals surface area (Å²) >= 11 is 0. The second-order valence-corrected chi connectivity index (χ2v) is 9.32. The summed E-state index contributed by atoms with van der Waals surface area (Å²) in [7, 11) is 0. The number of hydrogen-bond acceptors (Lipinski definition) is 3. The van der Waals surface area contributed by atoms with Crippen molar-refractivity contribution in [3.05, 3.63) is 107 Å². The number of nitrogens with zero attached hydrogens (tertiary/aromatic N) is 1. The van der Waals surface area contributed by atoms with Crippen LogP contribution in [-0.4, -0.2) is 30.0 Å². The Bertz CT molecular complexity index is 1170. The highest BCUT2D eigenvalue weighted by Crippen LogP contribution is 2.39. The molecule has 1 aliphatic heterocycles. The summed E-state index contributed by atoms with van der Waals surface area (Å²) in [5.74, 6) is -0.191. The quantitative estimate of drug-likeness (QED) is 0.419. The lowest BCUT2D eigenvalue weighted by Crippen LogP contribution is -2.47. The van der Waals surface area contributed by atoms with Crippen LogP contribution in [0.1, 0.15) is 41.5 Å². The summed E-state index contributed by atoms with van der Waals surface area (Å²) in [5.41, 5.74) is 1.35.